The first-order chi connectivity index (χ1) is 17.1. The second-order valence-corrected chi connectivity index (χ2v) is 9.38. The molecule has 1 saturated heterocycles. The van der Waals surface area contributed by atoms with Gasteiger partial charge in [-0.1, -0.05) is 18.8 Å². The summed E-state index contributed by atoms with van der Waals surface area (Å²) in [6.45, 7) is 1.93. The number of alkyl halides is 3. The Hall–Kier alpha value is -3.48. The third-order valence-corrected chi connectivity index (χ3v) is 7.02. The van der Waals surface area contributed by atoms with Crippen LogP contribution in [0.3, 0.4) is 0 Å². The van der Waals surface area contributed by atoms with Gasteiger partial charge in [-0.2, -0.15) is 13.2 Å². The molecule has 1 aromatic carbocycles. The lowest BCUT2D eigenvalue weighted by atomic mass is 9.92. The fraction of sp³-hybridized carbons (Fsp3) is 0.423. The lowest BCUT2D eigenvalue weighted by Gasteiger charge is -2.30. The Kier molecular flexibility index (Phi) is 5.97. The van der Waals surface area contributed by atoms with Crippen LogP contribution in [0.2, 0.25) is 0 Å². The molecule has 2 amide bonds. The largest absolute Gasteiger partial charge is 0.419 e. The fourth-order valence-electron chi connectivity index (χ4n) is 4.87. The van der Waals surface area contributed by atoms with E-state index in [1.165, 1.54) is 11.1 Å². The van der Waals surface area contributed by atoms with Crippen molar-refractivity contribution in [3.05, 3.63) is 64.5 Å². The van der Waals surface area contributed by atoms with E-state index >= 15 is 0 Å². The van der Waals surface area contributed by atoms with Crippen LogP contribution >= 0.6 is 0 Å². The highest BCUT2D eigenvalue weighted by Gasteiger charge is 2.50. The summed E-state index contributed by atoms with van der Waals surface area (Å²) in [7, 11) is 0. The molecule has 0 radical (unpaired) electrons. The normalized spacial score (nSPS) is 23.3. The van der Waals surface area contributed by atoms with E-state index in [9.17, 15) is 31.5 Å². The van der Waals surface area contributed by atoms with Gasteiger partial charge in [-0.05, 0) is 61.4 Å². The van der Waals surface area contributed by atoms with Crippen molar-refractivity contribution in [3.63, 3.8) is 0 Å². The molecule has 188 valence electrons. The maximum absolute atomic E-state index is 14.7. The molecule has 2 heterocycles. The zero-order valence-electron chi connectivity index (χ0n) is 19.2. The second-order valence-electron chi connectivity index (χ2n) is 9.38. The molecule has 2 aliphatic carbocycles. The molecule has 0 unspecified atom stereocenters. The van der Waals surface area contributed by atoms with Crippen molar-refractivity contribution >= 4 is 11.8 Å². The fourth-order valence-corrected chi connectivity index (χ4v) is 4.87. The average molecular weight is 503 g/mol. The van der Waals surface area contributed by atoms with E-state index in [1.54, 1.807) is 12.1 Å². The van der Waals surface area contributed by atoms with Crippen LogP contribution in [-0.4, -0.2) is 33.8 Å². The summed E-state index contributed by atoms with van der Waals surface area (Å²) < 4.78 is 68.0. The minimum absolute atomic E-state index is 0.123. The number of rotatable bonds is 6. The van der Waals surface area contributed by atoms with Gasteiger partial charge in [0.1, 0.15) is 29.4 Å². The van der Waals surface area contributed by atoms with Crippen LogP contribution < -0.4 is 5.32 Å². The van der Waals surface area contributed by atoms with Gasteiger partial charge in [-0.3, -0.25) is 14.6 Å². The predicted molar refractivity (Wildman–Crippen MR) is 118 cm³/mol. The van der Waals surface area contributed by atoms with Gasteiger partial charge in [0.15, 0.2) is 0 Å². The number of nitrogens with one attached hydrogen (secondary N) is 1. The van der Waals surface area contributed by atoms with Crippen LogP contribution in [0.5, 0.6) is 0 Å². The molecule has 3 aliphatic rings. The Bertz CT molecular complexity index is 1290. The topological polar surface area (TPSA) is 62.3 Å². The van der Waals surface area contributed by atoms with Gasteiger partial charge in [0.05, 0.1) is 17.5 Å². The molecular formula is C26H22F5N3O2. The van der Waals surface area contributed by atoms with E-state index in [2.05, 4.69) is 22.1 Å². The molecule has 1 aromatic heterocycles. The van der Waals surface area contributed by atoms with Crippen LogP contribution in [0.15, 0.2) is 30.5 Å². The zero-order chi connectivity index (χ0) is 25.8. The van der Waals surface area contributed by atoms with Crippen molar-refractivity contribution in [1.29, 1.82) is 0 Å². The highest BCUT2D eigenvalue weighted by molar-refractivity contribution is 5.97. The summed E-state index contributed by atoms with van der Waals surface area (Å²) in [6, 6.07) is 1.65. The number of carbonyl (C=O) groups excluding carboxylic acids is 2. The molecule has 1 saturated carbocycles. The molecule has 5 rings (SSSR count). The van der Waals surface area contributed by atoms with Gasteiger partial charge in [0, 0.05) is 11.8 Å². The Labute approximate surface area is 204 Å². The first-order valence-electron chi connectivity index (χ1n) is 11.7. The highest BCUT2D eigenvalue weighted by atomic mass is 19.4. The van der Waals surface area contributed by atoms with Gasteiger partial charge < -0.3 is 10.2 Å². The summed E-state index contributed by atoms with van der Waals surface area (Å²) in [4.78, 5) is 32.3. The lowest BCUT2D eigenvalue weighted by Crippen LogP contribution is -2.50. The van der Waals surface area contributed by atoms with Crippen LogP contribution in [0.25, 0.3) is 0 Å². The van der Waals surface area contributed by atoms with E-state index in [0.29, 0.717) is 25.3 Å². The van der Waals surface area contributed by atoms with E-state index in [4.69, 9.17) is 0 Å². The number of nitrogens with zero attached hydrogens (tertiary/aromatic N) is 2. The highest BCUT2D eigenvalue weighted by Crippen LogP contribution is 2.44. The number of likely N-dealkylation sites (tertiary alicyclic amines) is 1. The van der Waals surface area contributed by atoms with E-state index in [0.717, 1.165) is 5.56 Å². The molecule has 2 fully saturated rings. The zero-order valence-corrected chi connectivity index (χ0v) is 19.2. The maximum Gasteiger partial charge on any atom is 0.419 e. The van der Waals surface area contributed by atoms with Crippen LogP contribution in [-0.2, 0) is 17.4 Å². The number of pyridine rings is 1. The summed E-state index contributed by atoms with van der Waals surface area (Å²) in [5.74, 6) is 1.51. The Morgan fingerprint density at radius 2 is 1.92 bits per heavy atom. The number of carbonyl (C=O) groups is 2. The van der Waals surface area contributed by atoms with E-state index in [-0.39, 0.29) is 35.6 Å². The van der Waals surface area contributed by atoms with Crippen molar-refractivity contribution in [1.82, 2.24) is 15.2 Å². The van der Waals surface area contributed by atoms with Crippen molar-refractivity contribution in [3.8, 4) is 11.8 Å². The molecule has 1 N–H and O–H groups in total. The molecule has 10 heteroatoms. The van der Waals surface area contributed by atoms with Crippen LogP contribution in [0, 0.1) is 35.3 Å². The number of benzene rings is 1. The van der Waals surface area contributed by atoms with E-state index < -0.39 is 53.3 Å². The minimum Gasteiger partial charge on any atom is -0.347 e. The number of amides is 2. The number of hydrogen-bond acceptors (Lipinski definition) is 3. The summed E-state index contributed by atoms with van der Waals surface area (Å²) in [6.07, 6.45) is -1.37. The number of aryl methyl sites for hydroxylation is 1. The van der Waals surface area contributed by atoms with Crippen molar-refractivity contribution in [2.75, 3.05) is 0 Å². The molecule has 0 spiro atoms. The molecular weight excluding hydrogens is 481 g/mol. The Morgan fingerprint density at radius 1 is 1.17 bits per heavy atom. The Balaban J connectivity index is 1.41. The van der Waals surface area contributed by atoms with Crippen molar-refractivity contribution < 1.29 is 31.5 Å². The Morgan fingerprint density at radius 3 is 2.53 bits per heavy atom. The number of hydrogen-bond donors (Lipinski definition) is 1. The summed E-state index contributed by atoms with van der Waals surface area (Å²) >= 11 is 0. The van der Waals surface area contributed by atoms with Gasteiger partial charge in [0.2, 0.25) is 5.91 Å². The van der Waals surface area contributed by atoms with Crippen molar-refractivity contribution in [2.24, 2.45) is 11.8 Å². The SMILES string of the molecule is CCc1ccnc(C(=O)N2[C@@H](C(=O)N[C@@H](c3cc(F)c(C(F)(F)F)cc3F)C3CC3)C[C@H]3C#C[C@H]32)c1. The lowest BCUT2D eigenvalue weighted by molar-refractivity contribution is -0.140. The second kappa shape index (κ2) is 8.87. The summed E-state index contributed by atoms with van der Waals surface area (Å²) in [5, 5.41) is 2.69. The smallest absolute Gasteiger partial charge is 0.347 e. The maximum atomic E-state index is 14.7. The first kappa shape index (κ1) is 24.2. The first-order valence-corrected chi connectivity index (χ1v) is 11.7. The minimum atomic E-state index is -5.05. The number of halogens is 5. The molecule has 5 nitrogen and oxygen atoms in total. The van der Waals surface area contributed by atoms with Gasteiger partial charge in [-0.25, -0.2) is 8.78 Å². The molecule has 36 heavy (non-hydrogen) atoms. The molecule has 2 aromatic rings. The van der Waals surface area contributed by atoms with Crippen LogP contribution in [0.4, 0.5) is 22.0 Å². The third kappa shape index (κ3) is 4.31. The van der Waals surface area contributed by atoms with E-state index in [1.807, 2.05) is 6.92 Å². The van der Waals surface area contributed by atoms with Crippen molar-refractivity contribution in [2.45, 2.75) is 56.9 Å². The van der Waals surface area contributed by atoms with Gasteiger partial charge >= 0.3 is 6.18 Å². The van der Waals surface area contributed by atoms with Gasteiger partial charge in [-0.15, -0.1) is 0 Å². The predicted octanol–water partition coefficient (Wildman–Crippen LogP) is 4.42. The quantitative estimate of drug-likeness (QED) is 0.469. The third-order valence-electron chi connectivity index (χ3n) is 7.02. The standard InChI is InChI=1S/C26H22F5N3O2/c1-2-13-7-8-32-20(9-13)25(36)34-21-6-5-15(21)10-22(34)24(35)33-23(14-3-4-14)16-11-19(28)17(12-18(16)27)26(29,30)31/h7-9,11-12,14-15,21-23H,2-4,10H2,1H3,(H,33,35)/t15-,21-,22-,23-/m1/s1. The number of aromatic nitrogens is 1. The number of fused-ring (bicyclic) bond motifs is 1. The average Bonchev–Trinajstić information content (AvgIpc) is 3.62. The van der Waals surface area contributed by atoms with Gasteiger partial charge in [0.25, 0.3) is 5.91 Å². The molecule has 4 atom stereocenters. The molecule has 0 bridgehead atoms. The monoisotopic (exact) mass is 503 g/mol. The van der Waals surface area contributed by atoms with Crippen LogP contribution in [0.1, 0.15) is 59.4 Å². The summed E-state index contributed by atoms with van der Waals surface area (Å²) in [5.41, 5.74) is -0.967. The molecule has 1 aliphatic heterocycles.